The highest BCUT2D eigenvalue weighted by Crippen LogP contribution is 2.17. The third-order valence-electron chi connectivity index (χ3n) is 2.25. The van der Waals surface area contributed by atoms with E-state index in [0.717, 1.165) is 19.5 Å². The first-order chi connectivity index (χ1) is 7.01. The summed E-state index contributed by atoms with van der Waals surface area (Å²) in [6.07, 6.45) is 4.26. The summed E-state index contributed by atoms with van der Waals surface area (Å²) in [6.45, 7) is 11.0. The van der Waals surface area contributed by atoms with E-state index >= 15 is 0 Å². The van der Waals surface area contributed by atoms with Crippen LogP contribution in [0.15, 0.2) is 6.20 Å². The molecule has 0 aliphatic heterocycles. The Morgan fingerprint density at radius 2 is 2.13 bits per heavy atom. The van der Waals surface area contributed by atoms with Crippen molar-refractivity contribution in [2.45, 2.75) is 47.1 Å². The van der Waals surface area contributed by atoms with E-state index in [4.69, 9.17) is 0 Å². The summed E-state index contributed by atoms with van der Waals surface area (Å²) < 4.78 is 0. The van der Waals surface area contributed by atoms with Crippen molar-refractivity contribution in [1.82, 2.24) is 10.3 Å². The van der Waals surface area contributed by atoms with E-state index in [0.29, 0.717) is 5.41 Å². The second kappa shape index (κ2) is 5.61. The minimum absolute atomic E-state index is 0.426. The number of rotatable bonds is 5. The largest absolute Gasteiger partial charge is 0.312 e. The molecule has 0 aliphatic rings. The van der Waals surface area contributed by atoms with Crippen LogP contribution in [0.1, 0.15) is 44.0 Å². The van der Waals surface area contributed by atoms with E-state index < -0.39 is 0 Å². The van der Waals surface area contributed by atoms with E-state index in [1.807, 2.05) is 17.5 Å². The molecule has 15 heavy (non-hydrogen) atoms. The SMILES string of the molecule is CCc1ncc(CNCCC(C)(C)C)s1. The van der Waals surface area contributed by atoms with Crippen molar-refractivity contribution in [2.24, 2.45) is 5.41 Å². The maximum Gasteiger partial charge on any atom is 0.0925 e. The van der Waals surface area contributed by atoms with Gasteiger partial charge in [0, 0.05) is 17.6 Å². The van der Waals surface area contributed by atoms with Gasteiger partial charge in [-0.3, -0.25) is 0 Å². The summed E-state index contributed by atoms with van der Waals surface area (Å²) in [5.41, 5.74) is 0.426. The van der Waals surface area contributed by atoms with Gasteiger partial charge in [-0.1, -0.05) is 27.7 Å². The molecule has 0 atom stereocenters. The minimum atomic E-state index is 0.426. The maximum absolute atomic E-state index is 4.34. The summed E-state index contributed by atoms with van der Waals surface area (Å²) in [7, 11) is 0. The Bertz CT molecular complexity index is 286. The standard InChI is InChI=1S/C12H22N2S/c1-5-11-14-9-10(15-11)8-13-7-6-12(2,3)4/h9,13H,5-8H2,1-4H3. The average molecular weight is 226 g/mol. The first-order valence-corrected chi connectivity index (χ1v) is 6.47. The number of aryl methyl sites for hydroxylation is 1. The van der Waals surface area contributed by atoms with Crippen LogP contribution in [0.5, 0.6) is 0 Å². The van der Waals surface area contributed by atoms with Gasteiger partial charge >= 0.3 is 0 Å². The van der Waals surface area contributed by atoms with Crippen molar-refractivity contribution in [1.29, 1.82) is 0 Å². The Kier molecular flexibility index (Phi) is 4.74. The van der Waals surface area contributed by atoms with Gasteiger partial charge in [0.05, 0.1) is 5.01 Å². The summed E-state index contributed by atoms with van der Waals surface area (Å²) in [5, 5.41) is 4.70. The van der Waals surface area contributed by atoms with Gasteiger partial charge in [0.1, 0.15) is 0 Å². The van der Waals surface area contributed by atoms with Crippen molar-refractivity contribution in [3.05, 3.63) is 16.1 Å². The summed E-state index contributed by atoms with van der Waals surface area (Å²) in [5.74, 6) is 0. The van der Waals surface area contributed by atoms with Gasteiger partial charge in [0.15, 0.2) is 0 Å². The lowest BCUT2D eigenvalue weighted by Gasteiger charge is -2.17. The van der Waals surface area contributed by atoms with Crippen LogP contribution in [0.4, 0.5) is 0 Å². The molecule has 0 amide bonds. The first kappa shape index (κ1) is 12.7. The number of hydrogen-bond acceptors (Lipinski definition) is 3. The zero-order valence-corrected chi connectivity index (χ0v) is 11.1. The van der Waals surface area contributed by atoms with Crippen LogP contribution in [0.3, 0.4) is 0 Å². The molecule has 1 N–H and O–H groups in total. The quantitative estimate of drug-likeness (QED) is 0.780. The fraction of sp³-hybridized carbons (Fsp3) is 0.750. The molecule has 2 nitrogen and oxygen atoms in total. The molecule has 1 aromatic heterocycles. The molecule has 0 saturated heterocycles. The van der Waals surface area contributed by atoms with Gasteiger partial charge in [-0.15, -0.1) is 11.3 Å². The number of nitrogens with zero attached hydrogens (tertiary/aromatic N) is 1. The Labute approximate surface area is 97.1 Å². The van der Waals surface area contributed by atoms with Crippen LogP contribution < -0.4 is 5.32 Å². The highest BCUT2D eigenvalue weighted by atomic mass is 32.1. The Balaban J connectivity index is 2.20. The lowest BCUT2D eigenvalue weighted by atomic mass is 9.92. The van der Waals surface area contributed by atoms with E-state index in [2.05, 4.69) is 38.0 Å². The molecule has 0 aliphatic carbocycles. The molecule has 1 heterocycles. The normalized spacial score (nSPS) is 12.0. The second-order valence-corrected chi connectivity index (χ2v) is 6.26. The lowest BCUT2D eigenvalue weighted by Crippen LogP contribution is -2.19. The zero-order valence-electron chi connectivity index (χ0n) is 10.3. The number of nitrogens with one attached hydrogen (secondary N) is 1. The predicted octanol–water partition coefficient (Wildman–Crippen LogP) is 3.23. The Morgan fingerprint density at radius 1 is 1.40 bits per heavy atom. The van der Waals surface area contributed by atoms with E-state index in [-0.39, 0.29) is 0 Å². The van der Waals surface area contributed by atoms with Crippen molar-refractivity contribution in [3.8, 4) is 0 Å². The zero-order chi connectivity index (χ0) is 11.3. The van der Waals surface area contributed by atoms with Crippen LogP contribution in [-0.2, 0) is 13.0 Å². The fourth-order valence-corrected chi connectivity index (χ4v) is 2.10. The van der Waals surface area contributed by atoms with Gasteiger partial charge in [-0.05, 0) is 24.8 Å². The highest BCUT2D eigenvalue weighted by molar-refractivity contribution is 7.11. The van der Waals surface area contributed by atoms with Crippen LogP contribution in [0, 0.1) is 5.41 Å². The minimum Gasteiger partial charge on any atom is -0.312 e. The van der Waals surface area contributed by atoms with Crippen molar-refractivity contribution < 1.29 is 0 Å². The van der Waals surface area contributed by atoms with E-state index in [9.17, 15) is 0 Å². The Morgan fingerprint density at radius 3 is 2.67 bits per heavy atom. The molecule has 0 bridgehead atoms. The monoisotopic (exact) mass is 226 g/mol. The van der Waals surface area contributed by atoms with Crippen LogP contribution >= 0.6 is 11.3 Å². The predicted molar refractivity (Wildman–Crippen MR) is 67.3 cm³/mol. The lowest BCUT2D eigenvalue weighted by molar-refractivity contribution is 0.367. The molecule has 86 valence electrons. The topological polar surface area (TPSA) is 24.9 Å². The fourth-order valence-electron chi connectivity index (χ4n) is 1.27. The average Bonchev–Trinajstić information content (AvgIpc) is 2.59. The van der Waals surface area contributed by atoms with Crippen molar-refractivity contribution >= 4 is 11.3 Å². The van der Waals surface area contributed by atoms with Gasteiger partial charge in [0.25, 0.3) is 0 Å². The van der Waals surface area contributed by atoms with Gasteiger partial charge in [0.2, 0.25) is 0 Å². The summed E-state index contributed by atoms with van der Waals surface area (Å²) >= 11 is 1.82. The number of aromatic nitrogens is 1. The van der Waals surface area contributed by atoms with Crippen LogP contribution in [0.25, 0.3) is 0 Å². The molecule has 0 saturated carbocycles. The first-order valence-electron chi connectivity index (χ1n) is 5.65. The molecule has 3 heteroatoms. The van der Waals surface area contributed by atoms with E-state index in [1.165, 1.54) is 16.3 Å². The van der Waals surface area contributed by atoms with E-state index in [1.54, 1.807) is 0 Å². The second-order valence-electron chi connectivity index (χ2n) is 5.06. The third-order valence-corrected chi connectivity index (χ3v) is 3.40. The maximum atomic E-state index is 4.34. The molecule has 1 rings (SSSR count). The summed E-state index contributed by atoms with van der Waals surface area (Å²) in [4.78, 5) is 5.69. The Hall–Kier alpha value is -0.410. The smallest absolute Gasteiger partial charge is 0.0925 e. The summed E-state index contributed by atoms with van der Waals surface area (Å²) in [6, 6.07) is 0. The number of hydrogen-bond donors (Lipinski definition) is 1. The van der Waals surface area contributed by atoms with Crippen LogP contribution in [0.2, 0.25) is 0 Å². The third kappa shape index (κ3) is 5.28. The molecule has 1 aromatic rings. The molecule has 0 fully saturated rings. The molecule has 0 spiro atoms. The van der Waals surface area contributed by atoms with Crippen LogP contribution in [-0.4, -0.2) is 11.5 Å². The van der Waals surface area contributed by atoms with Gasteiger partial charge in [-0.2, -0.15) is 0 Å². The highest BCUT2D eigenvalue weighted by Gasteiger charge is 2.08. The molecular formula is C12H22N2S. The molecule has 0 radical (unpaired) electrons. The molecule has 0 unspecified atom stereocenters. The number of thiazole rings is 1. The van der Waals surface area contributed by atoms with Gasteiger partial charge < -0.3 is 5.32 Å². The molecular weight excluding hydrogens is 204 g/mol. The molecule has 0 aromatic carbocycles. The van der Waals surface area contributed by atoms with Gasteiger partial charge in [-0.25, -0.2) is 4.98 Å². The van der Waals surface area contributed by atoms with Crippen molar-refractivity contribution in [2.75, 3.05) is 6.54 Å². The van der Waals surface area contributed by atoms with Crippen molar-refractivity contribution in [3.63, 3.8) is 0 Å².